The number of hydrogen-bond acceptors (Lipinski definition) is 8. The summed E-state index contributed by atoms with van der Waals surface area (Å²) in [6.07, 6.45) is -3.54. The van der Waals surface area contributed by atoms with Gasteiger partial charge in [0.2, 0.25) is 5.91 Å². The third-order valence-electron chi connectivity index (χ3n) is 5.08. The number of unbranched alkanes of at least 4 members (excludes halogenated alkanes) is 2. The number of alkyl carbamates (subject to hydrolysis) is 1. The Balaban J connectivity index is 1.44. The highest BCUT2D eigenvalue weighted by molar-refractivity contribution is 5.75. The molecule has 32 heavy (non-hydrogen) atoms. The summed E-state index contributed by atoms with van der Waals surface area (Å²) in [4.78, 5) is 23.5. The predicted octanol–water partition coefficient (Wildman–Crippen LogP) is 0.434. The van der Waals surface area contributed by atoms with Gasteiger partial charge >= 0.3 is 6.09 Å². The van der Waals surface area contributed by atoms with Crippen molar-refractivity contribution in [1.29, 1.82) is 0 Å². The lowest BCUT2D eigenvalue weighted by molar-refractivity contribution is -0.292. The van der Waals surface area contributed by atoms with Crippen molar-refractivity contribution >= 4 is 12.0 Å². The van der Waals surface area contributed by atoms with E-state index >= 15 is 0 Å². The minimum Gasteiger partial charge on any atom is -0.445 e. The SMILES string of the molecule is C[C@@H]1O[C@@H](OCCNC(=O)CCCCCNC(=O)OCc2ccccc2)[C@@H](O)[C@H](O)[C@@H]1O. The maximum Gasteiger partial charge on any atom is 0.407 e. The van der Waals surface area contributed by atoms with Crippen LogP contribution in [-0.2, 0) is 25.6 Å². The van der Waals surface area contributed by atoms with Gasteiger partial charge in [-0.05, 0) is 25.3 Å². The van der Waals surface area contributed by atoms with Crippen molar-refractivity contribution < 1.29 is 39.1 Å². The van der Waals surface area contributed by atoms with Crippen molar-refractivity contribution in [2.45, 2.75) is 69.9 Å². The van der Waals surface area contributed by atoms with E-state index in [0.717, 1.165) is 18.4 Å². The minimum absolute atomic E-state index is 0.0953. The van der Waals surface area contributed by atoms with E-state index in [0.29, 0.717) is 19.4 Å². The number of carbonyl (C=O) groups is 2. The Morgan fingerprint density at radius 2 is 1.72 bits per heavy atom. The molecule has 2 rings (SSSR count). The lowest BCUT2D eigenvalue weighted by atomic mass is 10.0. The molecule has 5 atom stereocenters. The molecule has 1 saturated heterocycles. The Morgan fingerprint density at radius 3 is 2.47 bits per heavy atom. The summed E-state index contributed by atoms with van der Waals surface area (Å²) in [5.41, 5.74) is 0.924. The smallest absolute Gasteiger partial charge is 0.407 e. The lowest BCUT2D eigenvalue weighted by Crippen LogP contribution is -2.57. The molecule has 0 aromatic heterocycles. The van der Waals surface area contributed by atoms with E-state index in [1.165, 1.54) is 0 Å². The maximum atomic E-state index is 11.9. The summed E-state index contributed by atoms with van der Waals surface area (Å²) < 4.78 is 15.8. The molecule has 2 amide bonds. The first-order chi connectivity index (χ1) is 15.4. The fourth-order valence-electron chi connectivity index (χ4n) is 3.16. The highest BCUT2D eigenvalue weighted by atomic mass is 16.7. The summed E-state index contributed by atoms with van der Waals surface area (Å²) in [5, 5.41) is 34.6. The van der Waals surface area contributed by atoms with Gasteiger partial charge in [-0.1, -0.05) is 36.8 Å². The van der Waals surface area contributed by atoms with Crippen LogP contribution in [0.25, 0.3) is 0 Å². The summed E-state index contributed by atoms with van der Waals surface area (Å²) in [6.45, 7) is 2.60. The van der Waals surface area contributed by atoms with Crippen LogP contribution in [0, 0.1) is 0 Å². The number of amides is 2. The van der Waals surface area contributed by atoms with Gasteiger partial charge in [-0.25, -0.2) is 4.79 Å². The van der Waals surface area contributed by atoms with E-state index < -0.39 is 36.8 Å². The van der Waals surface area contributed by atoms with Gasteiger partial charge in [0.15, 0.2) is 6.29 Å². The van der Waals surface area contributed by atoms with Crippen molar-refractivity contribution in [3.8, 4) is 0 Å². The van der Waals surface area contributed by atoms with Crippen molar-refractivity contribution in [2.75, 3.05) is 19.7 Å². The molecular weight excluding hydrogens is 420 g/mol. The second-order valence-electron chi connectivity index (χ2n) is 7.70. The highest BCUT2D eigenvalue weighted by Crippen LogP contribution is 2.21. The molecule has 0 unspecified atom stereocenters. The topological polar surface area (TPSA) is 147 Å². The van der Waals surface area contributed by atoms with Crippen LogP contribution in [-0.4, -0.2) is 77.7 Å². The highest BCUT2D eigenvalue weighted by Gasteiger charge is 2.42. The Kier molecular flexibility index (Phi) is 11.4. The molecule has 1 aliphatic heterocycles. The molecule has 1 aromatic rings. The lowest BCUT2D eigenvalue weighted by Gasteiger charge is -2.38. The number of ether oxygens (including phenoxy) is 3. The summed E-state index contributed by atoms with van der Waals surface area (Å²) in [7, 11) is 0. The van der Waals surface area contributed by atoms with Gasteiger partial charge in [0, 0.05) is 19.5 Å². The largest absolute Gasteiger partial charge is 0.445 e. The van der Waals surface area contributed by atoms with Crippen LogP contribution in [0.1, 0.15) is 38.2 Å². The van der Waals surface area contributed by atoms with Crippen LogP contribution in [0.3, 0.4) is 0 Å². The molecule has 0 radical (unpaired) electrons. The van der Waals surface area contributed by atoms with Gasteiger partial charge in [-0.2, -0.15) is 0 Å². The standard InChI is InChI=1S/C22H34N2O8/c1-15-18(26)19(27)20(28)21(32-15)30-13-12-23-17(25)10-6-3-7-11-24-22(29)31-14-16-8-4-2-5-9-16/h2,4-5,8-9,15,18-21,26-28H,3,6-7,10-14H2,1H3,(H,23,25)(H,24,29)/t15-,18+,19+,20-,21+/m0/s1. The molecule has 1 fully saturated rings. The van der Waals surface area contributed by atoms with E-state index in [1.807, 2.05) is 30.3 Å². The average molecular weight is 455 g/mol. The van der Waals surface area contributed by atoms with Crippen LogP contribution in [0.4, 0.5) is 4.79 Å². The van der Waals surface area contributed by atoms with Crippen LogP contribution in [0.5, 0.6) is 0 Å². The number of rotatable bonds is 12. The van der Waals surface area contributed by atoms with E-state index in [9.17, 15) is 24.9 Å². The third-order valence-corrected chi connectivity index (χ3v) is 5.08. The first-order valence-corrected chi connectivity index (χ1v) is 10.9. The molecule has 1 aliphatic rings. The van der Waals surface area contributed by atoms with Crippen LogP contribution < -0.4 is 10.6 Å². The van der Waals surface area contributed by atoms with E-state index in [1.54, 1.807) is 6.92 Å². The molecule has 0 spiro atoms. The average Bonchev–Trinajstić information content (AvgIpc) is 2.80. The Morgan fingerprint density at radius 1 is 0.969 bits per heavy atom. The van der Waals surface area contributed by atoms with Gasteiger partial charge in [-0.3, -0.25) is 4.79 Å². The number of carbonyl (C=O) groups excluding carboxylic acids is 2. The van der Waals surface area contributed by atoms with Gasteiger partial charge < -0.3 is 40.2 Å². The van der Waals surface area contributed by atoms with Crippen LogP contribution in [0.2, 0.25) is 0 Å². The number of aliphatic hydroxyl groups excluding tert-OH is 3. The van der Waals surface area contributed by atoms with Crippen molar-refractivity contribution in [3.05, 3.63) is 35.9 Å². The van der Waals surface area contributed by atoms with Crippen LogP contribution in [0.15, 0.2) is 30.3 Å². The fourth-order valence-corrected chi connectivity index (χ4v) is 3.16. The first-order valence-electron chi connectivity index (χ1n) is 10.9. The normalized spacial score (nSPS) is 25.2. The van der Waals surface area contributed by atoms with E-state index in [2.05, 4.69) is 10.6 Å². The molecule has 1 heterocycles. The molecule has 180 valence electrons. The number of nitrogens with one attached hydrogen (secondary N) is 2. The molecule has 0 saturated carbocycles. The van der Waals surface area contributed by atoms with Crippen LogP contribution >= 0.6 is 0 Å². The number of hydrogen-bond donors (Lipinski definition) is 5. The zero-order valence-corrected chi connectivity index (χ0v) is 18.3. The van der Waals surface area contributed by atoms with Gasteiger partial charge in [0.1, 0.15) is 24.9 Å². The second-order valence-corrected chi connectivity index (χ2v) is 7.70. The van der Waals surface area contributed by atoms with Crippen molar-refractivity contribution in [2.24, 2.45) is 0 Å². The number of benzene rings is 1. The van der Waals surface area contributed by atoms with Crippen molar-refractivity contribution in [3.63, 3.8) is 0 Å². The fraction of sp³-hybridized carbons (Fsp3) is 0.636. The summed E-state index contributed by atoms with van der Waals surface area (Å²) in [5.74, 6) is -0.127. The molecule has 5 N–H and O–H groups in total. The van der Waals surface area contributed by atoms with Gasteiger partial charge in [0.25, 0.3) is 0 Å². The second kappa shape index (κ2) is 14.0. The predicted molar refractivity (Wildman–Crippen MR) is 114 cm³/mol. The summed E-state index contributed by atoms with van der Waals surface area (Å²) >= 11 is 0. The number of aliphatic hydroxyl groups is 3. The zero-order chi connectivity index (χ0) is 23.3. The molecular formula is C22H34N2O8. The van der Waals surface area contributed by atoms with Gasteiger partial charge in [0.05, 0.1) is 12.7 Å². The molecule has 0 aliphatic carbocycles. The van der Waals surface area contributed by atoms with Gasteiger partial charge in [-0.15, -0.1) is 0 Å². The Hall–Kier alpha value is -2.24. The van der Waals surface area contributed by atoms with E-state index in [4.69, 9.17) is 14.2 Å². The monoisotopic (exact) mass is 454 g/mol. The first kappa shape index (κ1) is 26.0. The molecule has 0 bridgehead atoms. The Labute approximate surface area is 187 Å². The quantitative estimate of drug-likeness (QED) is 0.286. The third kappa shape index (κ3) is 9.09. The Bertz CT molecular complexity index is 690. The summed E-state index contributed by atoms with van der Waals surface area (Å²) in [6, 6.07) is 9.43. The molecule has 10 heteroatoms. The van der Waals surface area contributed by atoms with Crippen molar-refractivity contribution in [1.82, 2.24) is 10.6 Å². The van der Waals surface area contributed by atoms with E-state index in [-0.39, 0.29) is 25.7 Å². The maximum absolute atomic E-state index is 11.9. The zero-order valence-electron chi connectivity index (χ0n) is 18.3. The molecule has 10 nitrogen and oxygen atoms in total. The molecule has 1 aromatic carbocycles. The minimum atomic E-state index is -1.36.